The number of halogens is 2. The van der Waals surface area contributed by atoms with Gasteiger partial charge in [-0.1, -0.05) is 6.92 Å². The molecule has 0 aliphatic carbocycles. The normalized spacial score (nSPS) is 10.7. The minimum absolute atomic E-state index is 0.276. The molecule has 56 valence electrons. The molecule has 0 saturated carbocycles. The number of alkyl halides is 2. The Hall–Kier alpha value is 0.540. The summed E-state index contributed by atoms with van der Waals surface area (Å²) in [5.74, 6) is 0. The van der Waals surface area contributed by atoms with Crippen molar-refractivity contribution in [2.45, 2.75) is 24.6 Å². The van der Waals surface area contributed by atoms with Gasteiger partial charge >= 0.3 is 0 Å². The van der Waals surface area contributed by atoms with Gasteiger partial charge in [-0.3, -0.25) is 0 Å². The highest BCUT2D eigenvalue weighted by Crippen LogP contribution is 2.05. The van der Waals surface area contributed by atoms with Crippen molar-refractivity contribution < 1.29 is 4.74 Å². The molecule has 1 nitrogen and oxygen atoms in total. The minimum Gasteiger partial charge on any atom is -0.381 e. The van der Waals surface area contributed by atoms with E-state index in [0.29, 0.717) is 6.61 Å². The Morgan fingerprint density at radius 2 is 2.00 bits per heavy atom. The molecule has 0 atom stereocenters. The fourth-order valence-electron chi connectivity index (χ4n) is 0.419. The summed E-state index contributed by atoms with van der Waals surface area (Å²) in [7, 11) is 0. The van der Waals surface area contributed by atoms with Crippen LogP contribution in [0.2, 0.25) is 0 Å². The fourth-order valence-corrected chi connectivity index (χ4v) is 0.597. The van der Waals surface area contributed by atoms with Gasteiger partial charge < -0.3 is 4.74 Å². The van der Waals surface area contributed by atoms with E-state index in [4.69, 9.17) is 27.9 Å². The van der Waals surface area contributed by atoms with Crippen LogP contribution in [0.1, 0.15) is 19.8 Å². The molecule has 0 spiro atoms. The third-order valence-corrected chi connectivity index (χ3v) is 1.27. The van der Waals surface area contributed by atoms with Crippen molar-refractivity contribution in [3.63, 3.8) is 0 Å². The first-order valence-electron chi connectivity index (χ1n) is 3.13. The smallest absolute Gasteiger partial charge is 0.110 e. The topological polar surface area (TPSA) is 9.23 Å². The molecule has 0 unspecified atom stereocenters. The van der Waals surface area contributed by atoms with Crippen LogP contribution in [0.3, 0.4) is 0 Å². The van der Waals surface area contributed by atoms with Gasteiger partial charge in [-0.2, -0.15) is 0 Å². The predicted molar refractivity (Wildman–Crippen MR) is 41.2 cm³/mol. The summed E-state index contributed by atoms with van der Waals surface area (Å²) < 4.78 is 5.12. The molecule has 0 aromatic heterocycles. The van der Waals surface area contributed by atoms with Crippen LogP contribution < -0.4 is 0 Å². The van der Waals surface area contributed by atoms with Crippen molar-refractivity contribution in [3.05, 3.63) is 0 Å². The molecule has 0 heterocycles. The highest BCUT2D eigenvalue weighted by Gasteiger charge is 1.96. The Morgan fingerprint density at radius 3 is 2.44 bits per heavy atom. The first-order chi connectivity index (χ1) is 4.27. The van der Waals surface area contributed by atoms with Gasteiger partial charge in [-0.25, -0.2) is 0 Å². The van der Waals surface area contributed by atoms with Gasteiger partial charge in [0.2, 0.25) is 0 Å². The maximum atomic E-state index is 5.44. The first kappa shape index (κ1) is 9.54. The van der Waals surface area contributed by atoms with Crippen molar-refractivity contribution in [2.24, 2.45) is 0 Å². The Bertz CT molecular complexity index is 57.0. The van der Waals surface area contributed by atoms with Gasteiger partial charge in [-0.15, -0.1) is 23.2 Å². The summed E-state index contributed by atoms with van der Waals surface area (Å²) >= 11 is 10.9. The second-order valence-corrected chi connectivity index (χ2v) is 3.07. The summed E-state index contributed by atoms with van der Waals surface area (Å²) in [6.07, 6.45) is 1.78. The molecule has 0 fully saturated rings. The van der Waals surface area contributed by atoms with E-state index < -0.39 is 0 Å². The maximum Gasteiger partial charge on any atom is 0.110 e. The molecule has 0 saturated heterocycles. The zero-order valence-electron chi connectivity index (χ0n) is 5.57. The second-order valence-electron chi connectivity index (χ2n) is 1.79. The number of rotatable bonds is 5. The molecule has 0 aliphatic heterocycles. The average Bonchev–Trinajstić information content (AvgIpc) is 1.80. The summed E-state index contributed by atoms with van der Waals surface area (Å²) in [4.78, 5) is -0.276. The Kier molecular flexibility index (Phi) is 7.06. The Balaban J connectivity index is 2.75. The van der Waals surface area contributed by atoms with Crippen LogP contribution >= 0.6 is 23.2 Å². The standard InChI is InChI=1S/C6H12Cl2O/c1-2-4-9-5-3-6(7)8/h6H,2-5H2,1H3. The maximum absolute atomic E-state index is 5.44. The summed E-state index contributed by atoms with van der Waals surface area (Å²) in [5, 5.41) is 0. The van der Waals surface area contributed by atoms with Gasteiger partial charge in [0, 0.05) is 19.6 Å². The lowest BCUT2D eigenvalue weighted by Gasteiger charge is -2.01. The van der Waals surface area contributed by atoms with E-state index >= 15 is 0 Å². The molecule has 0 aliphatic rings. The van der Waals surface area contributed by atoms with Crippen LogP contribution in [0.4, 0.5) is 0 Å². The lowest BCUT2D eigenvalue weighted by atomic mass is 10.5. The molecule has 0 amide bonds. The van der Waals surface area contributed by atoms with Crippen molar-refractivity contribution in [1.82, 2.24) is 0 Å². The summed E-state index contributed by atoms with van der Waals surface area (Å²) in [6, 6.07) is 0. The summed E-state index contributed by atoms with van der Waals surface area (Å²) in [6.45, 7) is 3.55. The largest absolute Gasteiger partial charge is 0.381 e. The second kappa shape index (κ2) is 6.66. The van der Waals surface area contributed by atoms with E-state index in [9.17, 15) is 0 Å². The van der Waals surface area contributed by atoms with Crippen LogP contribution in [0.25, 0.3) is 0 Å². The quantitative estimate of drug-likeness (QED) is 0.456. The van der Waals surface area contributed by atoms with E-state index in [0.717, 1.165) is 19.4 Å². The van der Waals surface area contributed by atoms with E-state index in [1.807, 2.05) is 0 Å². The number of ether oxygens (including phenoxy) is 1. The molecular weight excluding hydrogens is 159 g/mol. The predicted octanol–water partition coefficient (Wildman–Crippen LogP) is 2.61. The average molecular weight is 171 g/mol. The van der Waals surface area contributed by atoms with Crippen LogP contribution in [-0.2, 0) is 4.74 Å². The molecule has 0 aromatic rings. The molecule has 3 heteroatoms. The lowest BCUT2D eigenvalue weighted by molar-refractivity contribution is 0.134. The molecule has 0 radical (unpaired) electrons. The minimum atomic E-state index is -0.276. The highest BCUT2D eigenvalue weighted by molar-refractivity contribution is 6.44. The number of hydrogen-bond acceptors (Lipinski definition) is 1. The zero-order chi connectivity index (χ0) is 7.11. The molecule has 0 N–H and O–H groups in total. The lowest BCUT2D eigenvalue weighted by Crippen LogP contribution is -1.99. The van der Waals surface area contributed by atoms with E-state index in [1.54, 1.807) is 0 Å². The van der Waals surface area contributed by atoms with E-state index in [2.05, 4.69) is 6.92 Å². The third kappa shape index (κ3) is 8.54. The molecule has 0 aromatic carbocycles. The Morgan fingerprint density at radius 1 is 1.33 bits per heavy atom. The van der Waals surface area contributed by atoms with Crippen LogP contribution in [0, 0.1) is 0 Å². The zero-order valence-corrected chi connectivity index (χ0v) is 7.08. The van der Waals surface area contributed by atoms with Gasteiger partial charge in [0.1, 0.15) is 4.84 Å². The SMILES string of the molecule is CCCOCCC(Cl)Cl. The van der Waals surface area contributed by atoms with Gasteiger partial charge in [0.05, 0.1) is 0 Å². The molecular formula is C6H12Cl2O. The third-order valence-electron chi connectivity index (χ3n) is 0.829. The van der Waals surface area contributed by atoms with E-state index in [1.165, 1.54) is 0 Å². The fraction of sp³-hybridized carbons (Fsp3) is 1.00. The molecule has 9 heavy (non-hydrogen) atoms. The van der Waals surface area contributed by atoms with Gasteiger partial charge in [-0.05, 0) is 6.42 Å². The molecule has 0 rings (SSSR count). The molecule has 0 bridgehead atoms. The Labute approximate surface area is 66.3 Å². The first-order valence-corrected chi connectivity index (χ1v) is 4.00. The van der Waals surface area contributed by atoms with Crippen molar-refractivity contribution >= 4 is 23.2 Å². The van der Waals surface area contributed by atoms with Crippen molar-refractivity contribution in [2.75, 3.05) is 13.2 Å². The van der Waals surface area contributed by atoms with Crippen LogP contribution in [0.15, 0.2) is 0 Å². The van der Waals surface area contributed by atoms with Gasteiger partial charge in [0.15, 0.2) is 0 Å². The van der Waals surface area contributed by atoms with E-state index in [-0.39, 0.29) is 4.84 Å². The van der Waals surface area contributed by atoms with Crippen LogP contribution in [0.5, 0.6) is 0 Å². The number of hydrogen-bond donors (Lipinski definition) is 0. The monoisotopic (exact) mass is 170 g/mol. The highest BCUT2D eigenvalue weighted by atomic mass is 35.5. The van der Waals surface area contributed by atoms with Crippen LogP contribution in [-0.4, -0.2) is 18.1 Å². The van der Waals surface area contributed by atoms with Crippen molar-refractivity contribution in [3.8, 4) is 0 Å². The van der Waals surface area contributed by atoms with Gasteiger partial charge in [0.25, 0.3) is 0 Å². The van der Waals surface area contributed by atoms with Crippen molar-refractivity contribution in [1.29, 1.82) is 0 Å². The summed E-state index contributed by atoms with van der Waals surface area (Å²) in [5.41, 5.74) is 0.